The molecule has 0 spiro atoms. The van der Waals surface area contributed by atoms with Crippen LogP contribution in [0.5, 0.6) is 0 Å². The van der Waals surface area contributed by atoms with Gasteiger partial charge in [-0.25, -0.2) is 9.13 Å². The Morgan fingerprint density at radius 1 is 0.349 bits per heavy atom. The van der Waals surface area contributed by atoms with Crippen molar-refractivity contribution in [2.75, 3.05) is 39.6 Å². The van der Waals surface area contributed by atoms with Gasteiger partial charge in [-0.2, -0.15) is 0 Å². The lowest BCUT2D eigenvalue weighted by Crippen LogP contribution is -2.30. The molecule has 0 aromatic heterocycles. The third-order valence-corrected chi connectivity index (χ3v) is 15.3. The van der Waals surface area contributed by atoms with Gasteiger partial charge in [-0.1, -0.05) is 235 Å². The number of carbonyl (C=O) groups excluding carboxylic acids is 3. The highest BCUT2D eigenvalue weighted by atomic mass is 31.2. The molecule has 0 aliphatic rings. The van der Waals surface area contributed by atoms with E-state index < -0.39 is 91.5 Å². The Bertz CT molecular complexity index is 1820. The summed E-state index contributed by atoms with van der Waals surface area (Å²) in [4.78, 5) is 58.1. The number of carbonyl (C=O) groups is 3. The van der Waals surface area contributed by atoms with E-state index >= 15 is 0 Å². The number of phosphoric acid groups is 2. The maximum atomic E-state index is 12.8. The summed E-state index contributed by atoms with van der Waals surface area (Å²) in [5.41, 5.74) is 0. The molecule has 0 amide bonds. The predicted molar refractivity (Wildman–Crippen MR) is 335 cm³/mol. The van der Waals surface area contributed by atoms with Gasteiger partial charge in [-0.15, -0.1) is 0 Å². The lowest BCUT2D eigenvalue weighted by Gasteiger charge is -2.21. The first-order valence-corrected chi connectivity index (χ1v) is 35.2. The molecule has 4 N–H and O–H groups in total. The molecule has 16 nitrogen and oxygen atoms in total. The Kier molecular flexibility index (Phi) is 57.2. The number of unbranched alkanes of at least 4 members (excludes halogenated alkanes) is 26. The quantitative estimate of drug-likeness (QED) is 0.0146. The maximum absolute atomic E-state index is 12.8. The molecule has 83 heavy (non-hydrogen) atoms. The second-order valence-corrected chi connectivity index (χ2v) is 24.4. The molecule has 0 heterocycles. The lowest BCUT2D eigenvalue weighted by molar-refractivity contribution is -0.161. The smallest absolute Gasteiger partial charge is 0.463 e. The summed E-state index contributed by atoms with van der Waals surface area (Å²) >= 11 is 0. The molecule has 5 atom stereocenters. The molecule has 0 aromatic rings. The van der Waals surface area contributed by atoms with E-state index in [1.165, 1.54) is 70.6 Å². The minimum Gasteiger partial charge on any atom is -0.463 e. The maximum Gasteiger partial charge on any atom is 0.472 e. The summed E-state index contributed by atoms with van der Waals surface area (Å²) in [6.07, 6.45) is 59.7. The van der Waals surface area contributed by atoms with Crippen LogP contribution >= 0.6 is 15.6 Å². The second kappa shape index (κ2) is 59.3. The summed E-state index contributed by atoms with van der Waals surface area (Å²) in [5.74, 6) is -1.59. The van der Waals surface area contributed by atoms with Crippen LogP contribution in [0.15, 0.2) is 72.9 Å². The van der Waals surface area contributed by atoms with Crippen molar-refractivity contribution >= 4 is 33.6 Å². The van der Waals surface area contributed by atoms with Gasteiger partial charge in [-0.3, -0.25) is 32.5 Å². The van der Waals surface area contributed by atoms with E-state index in [2.05, 4.69) is 93.7 Å². The van der Waals surface area contributed by atoms with Gasteiger partial charge >= 0.3 is 33.6 Å². The third kappa shape index (κ3) is 60.5. The number of aliphatic hydroxyl groups excluding tert-OH is 2. The number of hydrogen-bond donors (Lipinski definition) is 4. The molecule has 0 fully saturated rings. The average molecular weight is 1220 g/mol. The van der Waals surface area contributed by atoms with Crippen LogP contribution in [0.2, 0.25) is 0 Å². The van der Waals surface area contributed by atoms with E-state index in [0.29, 0.717) is 19.3 Å². The number of phosphoric ester groups is 2. The molecular formula is C65H116O16P2. The summed E-state index contributed by atoms with van der Waals surface area (Å²) < 4.78 is 60.7. The highest BCUT2D eigenvalue weighted by Gasteiger charge is 2.29. The Hall–Kier alpha value is -3.01. The van der Waals surface area contributed by atoms with Crippen molar-refractivity contribution in [1.82, 2.24) is 0 Å². The fourth-order valence-corrected chi connectivity index (χ4v) is 10.0. The van der Waals surface area contributed by atoms with Crippen LogP contribution in [0, 0.1) is 0 Å². The molecule has 0 bridgehead atoms. The SMILES string of the molecule is CC/C=C\C/C=C\C/C=C\C/C=C\C/C=C\CCCCCCCCCC(=O)OCC(O)COP(=O)(O)OCC(O)COP(=O)(O)OCC(COC(=O)CCCCCCCCCCCCCCC)OC(=O)CCCCCCC/C=C\CCCC. The van der Waals surface area contributed by atoms with Gasteiger partial charge in [0.25, 0.3) is 0 Å². The number of esters is 3. The second-order valence-electron chi connectivity index (χ2n) is 21.5. The molecule has 0 saturated heterocycles. The molecule has 18 heteroatoms. The summed E-state index contributed by atoms with van der Waals surface area (Å²) in [5, 5.41) is 20.5. The third-order valence-electron chi connectivity index (χ3n) is 13.4. The van der Waals surface area contributed by atoms with Crippen LogP contribution in [-0.2, 0) is 55.8 Å². The van der Waals surface area contributed by atoms with Crippen molar-refractivity contribution < 1.29 is 75.8 Å². The normalized spacial score (nSPS) is 14.8. The Morgan fingerprint density at radius 2 is 0.651 bits per heavy atom. The van der Waals surface area contributed by atoms with Gasteiger partial charge in [0.2, 0.25) is 0 Å². The molecule has 5 unspecified atom stereocenters. The first-order chi connectivity index (χ1) is 40.2. The molecule has 0 aliphatic heterocycles. The minimum atomic E-state index is -4.91. The van der Waals surface area contributed by atoms with Gasteiger partial charge in [0.05, 0.1) is 26.4 Å². The van der Waals surface area contributed by atoms with Crippen LogP contribution < -0.4 is 0 Å². The van der Waals surface area contributed by atoms with Crippen LogP contribution in [-0.4, -0.2) is 95.9 Å². The zero-order chi connectivity index (χ0) is 61.0. The topological polar surface area (TPSA) is 231 Å². The van der Waals surface area contributed by atoms with E-state index in [4.69, 9.17) is 32.3 Å². The Morgan fingerprint density at radius 3 is 1.06 bits per heavy atom. The molecule has 0 aromatic carbocycles. The van der Waals surface area contributed by atoms with E-state index in [1.54, 1.807) is 0 Å². The fraction of sp³-hybridized carbons (Fsp3) is 0.769. The van der Waals surface area contributed by atoms with Crippen LogP contribution in [0.3, 0.4) is 0 Å². The van der Waals surface area contributed by atoms with Crippen LogP contribution in [0.1, 0.15) is 265 Å². The lowest BCUT2D eigenvalue weighted by atomic mass is 10.0. The summed E-state index contributed by atoms with van der Waals surface area (Å²) in [7, 11) is -9.76. The Labute approximate surface area is 503 Å². The van der Waals surface area contributed by atoms with Crippen molar-refractivity contribution in [1.29, 1.82) is 0 Å². The number of allylic oxidation sites excluding steroid dienone is 12. The van der Waals surface area contributed by atoms with Gasteiger partial charge < -0.3 is 34.2 Å². The van der Waals surface area contributed by atoms with Gasteiger partial charge in [-0.05, 0) is 83.5 Å². The van der Waals surface area contributed by atoms with Crippen molar-refractivity contribution in [3.8, 4) is 0 Å². The van der Waals surface area contributed by atoms with Crippen molar-refractivity contribution in [3.05, 3.63) is 72.9 Å². The molecular weight excluding hydrogens is 1100 g/mol. The first kappa shape index (κ1) is 80.0. The zero-order valence-corrected chi connectivity index (χ0v) is 53.6. The minimum absolute atomic E-state index is 0.0974. The number of ether oxygens (including phenoxy) is 3. The van der Waals surface area contributed by atoms with E-state index in [1.807, 2.05) is 0 Å². The van der Waals surface area contributed by atoms with E-state index in [0.717, 1.165) is 135 Å². The van der Waals surface area contributed by atoms with Crippen LogP contribution in [0.4, 0.5) is 0 Å². The Balaban J connectivity index is 4.52. The monoisotopic (exact) mass is 1210 g/mol. The highest BCUT2D eigenvalue weighted by molar-refractivity contribution is 7.47. The highest BCUT2D eigenvalue weighted by Crippen LogP contribution is 2.45. The number of aliphatic hydroxyl groups is 2. The van der Waals surface area contributed by atoms with Crippen molar-refractivity contribution in [2.45, 2.75) is 283 Å². The molecule has 0 radical (unpaired) electrons. The first-order valence-electron chi connectivity index (χ1n) is 32.2. The number of hydrogen-bond acceptors (Lipinski definition) is 14. The van der Waals surface area contributed by atoms with Gasteiger partial charge in [0, 0.05) is 19.3 Å². The largest absolute Gasteiger partial charge is 0.472 e. The van der Waals surface area contributed by atoms with E-state index in [9.17, 15) is 43.5 Å². The van der Waals surface area contributed by atoms with Crippen molar-refractivity contribution in [2.24, 2.45) is 0 Å². The molecule has 0 saturated carbocycles. The van der Waals surface area contributed by atoms with E-state index in [-0.39, 0.29) is 19.3 Å². The summed E-state index contributed by atoms with van der Waals surface area (Å²) in [6.45, 7) is 2.49. The fourth-order valence-electron chi connectivity index (χ4n) is 8.46. The zero-order valence-electron chi connectivity index (χ0n) is 51.9. The molecule has 0 rings (SSSR count). The van der Waals surface area contributed by atoms with Gasteiger partial charge in [0.1, 0.15) is 25.4 Å². The van der Waals surface area contributed by atoms with Gasteiger partial charge in [0.15, 0.2) is 6.10 Å². The standard InChI is InChI=1S/C65H116O16P2/c1-4-7-10-13-16-19-22-24-25-26-27-28-29-30-31-32-33-35-38-39-42-45-48-51-63(68)75-54-60(66)55-77-82(71,72)78-56-61(67)57-79-83(73,74)80-59-62(81-65(70)53-50-47-44-41-36-21-18-15-12-9-6-3)58-76-64(69)52-49-46-43-40-37-34-23-20-17-14-11-8-5-2/h7,10,15-16,18-19,24-25,27-28,30-31,60-62,66-67H,4-6,8-9,11-14,17,20-23,26,29,32-59H2,1-3H3,(H,71,72)(H,73,74)/b10-7-,18-15-,19-16-,25-24-,28-27-,31-30-. The predicted octanol–water partition coefficient (Wildman–Crippen LogP) is 17.2. The van der Waals surface area contributed by atoms with Crippen molar-refractivity contribution in [3.63, 3.8) is 0 Å². The molecule has 0 aliphatic carbocycles. The van der Waals surface area contributed by atoms with Crippen LogP contribution in [0.25, 0.3) is 0 Å². The average Bonchev–Trinajstić information content (AvgIpc) is 3.46. The number of rotatable bonds is 61. The molecule has 482 valence electrons. The summed E-state index contributed by atoms with van der Waals surface area (Å²) in [6, 6.07) is 0.